The Bertz CT molecular complexity index is 388. The molecule has 0 unspecified atom stereocenters. The molecule has 20 heavy (non-hydrogen) atoms. The lowest BCUT2D eigenvalue weighted by molar-refractivity contribution is 0.129. The van der Waals surface area contributed by atoms with Gasteiger partial charge in [0, 0.05) is 52.0 Å². The number of rotatable bonds is 10. The fourth-order valence-electron chi connectivity index (χ4n) is 2.01. The van der Waals surface area contributed by atoms with Gasteiger partial charge in [0.15, 0.2) is 0 Å². The molecule has 1 rings (SSSR count). The van der Waals surface area contributed by atoms with Gasteiger partial charge in [-0.05, 0) is 23.6 Å². The van der Waals surface area contributed by atoms with E-state index in [4.69, 9.17) is 26.8 Å². The molecule has 0 saturated carbocycles. The van der Waals surface area contributed by atoms with Crippen LogP contribution in [0.2, 0.25) is 5.02 Å². The van der Waals surface area contributed by atoms with Gasteiger partial charge in [0.2, 0.25) is 0 Å². The van der Waals surface area contributed by atoms with Crippen molar-refractivity contribution in [2.24, 2.45) is 5.73 Å². The van der Waals surface area contributed by atoms with Crippen molar-refractivity contribution in [3.05, 3.63) is 34.3 Å². The first-order valence-corrected chi connectivity index (χ1v) is 7.26. The van der Waals surface area contributed by atoms with Gasteiger partial charge in [-0.25, -0.2) is 0 Å². The van der Waals surface area contributed by atoms with Crippen LogP contribution in [0.15, 0.2) is 18.2 Å². The highest BCUT2D eigenvalue weighted by Gasteiger charge is 2.09. The maximum Gasteiger partial charge on any atom is 0.0589 e. The minimum Gasteiger partial charge on any atom is -0.385 e. The first-order chi connectivity index (χ1) is 9.71. The zero-order valence-corrected chi connectivity index (χ0v) is 13.2. The number of benzene rings is 1. The molecule has 0 fully saturated rings. The monoisotopic (exact) mass is 300 g/mol. The van der Waals surface area contributed by atoms with Crippen molar-refractivity contribution in [1.29, 1.82) is 0 Å². The third-order valence-electron chi connectivity index (χ3n) is 3.18. The molecule has 0 aliphatic heterocycles. The van der Waals surface area contributed by atoms with E-state index < -0.39 is 0 Å². The molecule has 0 amide bonds. The average molecular weight is 301 g/mol. The summed E-state index contributed by atoms with van der Waals surface area (Å²) in [6, 6.07) is 6.03. The minimum atomic E-state index is 0.515. The molecule has 0 aromatic heterocycles. The van der Waals surface area contributed by atoms with E-state index in [2.05, 4.69) is 11.0 Å². The van der Waals surface area contributed by atoms with Gasteiger partial charge in [0.1, 0.15) is 0 Å². The second-order valence-electron chi connectivity index (χ2n) is 4.75. The Morgan fingerprint density at radius 2 is 1.90 bits per heavy atom. The van der Waals surface area contributed by atoms with Gasteiger partial charge in [-0.1, -0.05) is 23.7 Å². The van der Waals surface area contributed by atoms with Crippen LogP contribution in [0.1, 0.15) is 17.5 Å². The average Bonchev–Trinajstić information content (AvgIpc) is 2.46. The number of hydrogen-bond donors (Lipinski definition) is 1. The van der Waals surface area contributed by atoms with Crippen LogP contribution in [0.4, 0.5) is 0 Å². The van der Waals surface area contributed by atoms with Crippen LogP contribution in [0.25, 0.3) is 0 Å². The summed E-state index contributed by atoms with van der Waals surface area (Å²) < 4.78 is 10.3. The highest BCUT2D eigenvalue weighted by Crippen LogP contribution is 2.19. The highest BCUT2D eigenvalue weighted by molar-refractivity contribution is 6.31. The van der Waals surface area contributed by atoms with Gasteiger partial charge in [-0.15, -0.1) is 0 Å². The van der Waals surface area contributed by atoms with Crippen LogP contribution in [-0.2, 0) is 22.6 Å². The van der Waals surface area contributed by atoms with E-state index in [1.54, 1.807) is 14.2 Å². The van der Waals surface area contributed by atoms with Crippen LogP contribution < -0.4 is 5.73 Å². The molecule has 4 nitrogen and oxygen atoms in total. The fraction of sp³-hybridized carbons (Fsp3) is 0.600. The van der Waals surface area contributed by atoms with E-state index in [1.807, 2.05) is 12.1 Å². The van der Waals surface area contributed by atoms with E-state index >= 15 is 0 Å². The Hall–Kier alpha value is -0.650. The molecule has 0 aliphatic rings. The third kappa shape index (κ3) is 6.20. The van der Waals surface area contributed by atoms with E-state index in [-0.39, 0.29) is 0 Å². The SMILES string of the molecule is COCCCN(CCOC)Cc1ccc(CN)cc1Cl. The maximum atomic E-state index is 6.31. The molecule has 5 heteroatoms. The third-order valence-corrected chi connectivity index (χ3v) is 3.53. The first kappa shape index (κ1) is 17.4. The van der Waals surface area contributed by atoms with Crippen LogP contribution in [-0.4, -0.2) is 45.4 Å². The van der Waals surface area contributed by atoms with Crippen LogP contribution in [0.5, 0.6) is 0 Å². The zero-order valence-electron chi connectivity index (χ0n) is 12.4. The number of nitrogens with zero attached hydrogens (tertiary/aromatic N) is 1. The second kappa shape index (κ2) is 10.1. The predicted octanol–water partition coefficient (Wildman–Crippen LogP) is 2.28. The van der Waals surface area contributed by atoms with Crippen LogP contribution >= 0.6 is 11.6 Å². The largest absolute Gasteiger partial charge is 0.385 e. The van der Waals surface area contributed by atoms with Crippen molar-refractivity contribution < 1.29 is 9.47 Å². The summed E-state index contributed by atoms with van der Waals surface area (Å²) in [6.45, 7) is 4.66. The Morgan fingerprint density at radius 1 is 1.15 bits per heavy atom. The summed E-state index contributed by atoms with van der Waals surface area (Å²) in [5.41, 5.74) is 7.80. The topological polar surface area (TPSA) is 47.7 Å². The Labute approximate surface area is 126 Å². The highest BCUT2D eigenvalue weighted by atomic mass is 35.5. The number of hydrogen-bond acceptors (Lipinski definition) is 4. The summed E-state index contributed by atoms with van der Waals surface area (Å²) in [4.78, 5) is 2.33. The lowest BCUT2D eigenvalue weighted by Gasteiger charge is -2.22. The molecule has 0 radical (unpaired) electrons. The van der Waals surface area contributed by atoms with Crippen molar-refractivity contribution in [1.82, 2.24) is 4.90 Å². The molecule has 0 heterocycles. The summed E-state index contributed by atoms with van der Waals surface area (Å²) in [7, 11) is 3.44. The minimum absolute atomic E-state index is 0.515. The van der Waals surface area contributed by atoms with E-state index in [9.17, 15) is 0 Å². The molecule has 0 bridgehead atoms. The standard InChI is InChI=1S/C15H25ClN2O2/c1-19-8-3-6-18(7-9-20-2)12-14-5-4-13(11-17)10-15(14)16/h4-5,10H,3,6-9,11-12,17H2,1-2H3. The van der Waals surface area contributed by atoms with Gasteiger partial charge < -0.3 is 15.2 Å². The van der Waals surface area contributed by atoms with Gasteiger partial charge in [0.25, 0.3) is 0 Å². The molecule has 0 spiro atoms. The number of methoxy groups -OCH3 is 2. The van der Waals surface area contributed by atoms with Crippen LogP contribution in [0.3, 0.4) is 0 Å². The lowest BCUT2D eigenvalue weighted by Crippen LogP contribution is -2.29. The molecule has 2 N–H and O–H groups in total. The summed E-state index contributed by atoms with van der Waals surface area (Å²) in [6.07, 6.45) is 0.999. The smallest absolute Gasteiger partial charge is 0.0589 e. The molecular weight excluding hydrogens is 276 g/mol. The van der Waals surface area contributed by atoms with Crippen molar-refractivity contribution in [2.45, 2.75) is 19.5 Å². The molecule has 114 valence electrons. The molecule has 1 aromatic rings. The van der Waals surface area contributed by atoms with Gasteiger partial charge in [-0.3, -0.25) is 4.90 Å². The number of halogens is 1. The zero-order chi connectivity index (χ0) is 14.8. The summed E-state index contributed by atoms with van der Waals surface area (Å²) in [5, 5.41) is 0.780. The van der Waals surface area contributed by atoms with E-state index in [0.717, 1.165) is 48.8 Å². The number of ether oxygens (including phenoxy) is 2. The number of nitrogens with two attached hydrogens (primary N) is 1. The van der Waals surface area contributed by atoms with Gasteiger partial charge in [0.05, 0.1) is 6.61 Å². The first-order valence-electron chi connectivity index (χ1n) is 6.88. The fourth-order valence-corrected chi connectivity index (χ4v) is 2.27. The molecule has 0 saturated heterocycles. The Kier molecular flexibility index (Phi) is 8.82. The van der Waals surface area contributed by atoms with E-state index in [1.165, 1.54) is 0 Å². The molecule has 0 atom stereocenters. The van der Waals surface area contributed by atoms with Crippen molar-refractivity contribution in [3.63, 3.8) is 0 Å². The van der Waals surface area contributed by atoms with Gasteiger partial charge >= 0.3 is 0 Å². The normalized spacial score (nSPS) is 11.2. The molecule has 0 aliphatic carbocycles. The van der Waals surface area contributed by atoms with Crippen molar-refractivity contribution in [3.8, 4) is 0 Å². The van der Waals surface area contributed by atoms with Crippen molar-refractivity contribution in [2.75, 3.05) is 40.5 Å². The predicted molar refractivity (Wildman–Crippen MR) is 83.0 cm³/mol. The van der Waals surface area contributed by atoms with Gasteiger partial charge in [-0.2, -0.15) is 0 Å². The summed E-state index contributed by atoms with van der Waals surface area (Å²) >= 11 is 6.31. The summed E-state index contributed by atoms with van der Waals surface area (Å²) in [5.74, 6) is 0. The Morgan fingerprint density at radius 3 is 2.50 bits per heavy atom. The van der Waals surface area contributed by atoms with E-state index in [0.29, 0.717) is 13.2 Å². The molecular formula is C15H25ClN2O2. The lowest BCUT2D eigenvalue weighted by atomic mass is 10.1. The van der Waals surface area contributed by atoms with Crippen molar-refractivity contribution >= 4 is 11.6 Å². The molecule has 1 aromatic carbocycles. The maximum absolute atomic E-state index is 6.31. The van der Waals surface area contributed by atoms with Crippen LogP contribution in [0, 0.1) is 0 Å². The Balaban J connectivity index is 2.62. The second-order valence-corrected chi connectivity index (χ2v) is 5.15. The quantitative estimate of drug-likeness (QED) is 0.674.